The molecule has 7 nitrogen and oxygen atoms in total. The van der Waals surface area contributed by atoms with E-state index in [2.05, 4.69) is 15.4 Å². The zero-order valence-corrected chi connectivity index (χ0v) is 17.7. The van der Waals surface area contributed by atoms with Crippen LogP contribution in [0.15, 0.2) is 54.2 Å². The lowest BCUT2D eigenvalue weighted by Crippen LogP contribution is -2.18. The van der Waals surface area contributed by atoms with Gasteiger partial charge in [-0.15, -0.1) is 11.3 Å². The number of rotatable bonds is 5. The van der Waals surface area contributed by atoms with Crippen molar-refractivity contribution in [3.8, 4) is 11.3 Å². The quantitative estimate of drug-likeness (QED) is 0.425. The third kappa shape index (κ3) is 3.92. The predicted molar refractivity (Wildman–Crippen MR) is 116 cm³/mol. The zero-order valence-electron chi connectivity index (χ0n) is 16.1. The van der Waals surface area contributed by atoms with Crippen LogP contribution < -0.4 is 5.32 Å². The van der Waals surface area contributed by atoms with Gasteiger partial charge in [0.1, 0.15) is 0 Å². The van der Waals surface area contributed by atoms with Crippen LogP contribution in [0.2, 0.25) is 5.02 Å². The van der Waals surface area contributed by atoms with E-state index in [0.29, 0.717) is 38.1 Å². The highest BCUT2D eigenvalue weighted by Gasteiger charge is 2.19. The first kappa shape index (κ1) is 20.1. The summed E-state index contributed by atoms with van der Waals surface area (Å²) in [5.41, 5.74) is 2.62. The first-order chi connectivity index (χ1) is 14.4. The van der Waals surface area contributed by atoms with Crippen LogP contribution in [0.25, 0.3) is 16.9 Å². The van der Waals surface area contributed by atoms with Crippen LogP contribution in [0.5, 0.6) is 0 Å². The highest BCUT2D eigenvalue weighted by atomic mass is 35.5. The first-order valence-electron chi connectivity index (χ1n) is 9.12. The molecule has 0 bridgehead atoms. The maximum absolute atomic E-state index is 12.8. The summed E-state index contributed by atoms with van der Waals surface area (Å²) in [4.78, 5) is 29.7. The number of nitrogens with zero attached hydrogens (tertiary/aromatic N) is 3. The molecule has 0 fully saturated rings. The summed E-state index contributed by atoms with van der Waals surface area (Å²) in [5.74, 6) is -0.136. The summed E-state index contributed by atoms with van der Waals surface area (Å²) in [6.07, 6.45) is 2.31. The molecule has 3 aromatic heterocycles. The van der Waals surface area contributed by atoms with Gasteiger partial charge in [0.15, 0.2) is 5.65 Å². The number of fused-ring (bicyclic) bond motifs is 1. The summed E-state index contributed by atoms with van der Waals surface area (Å²) in [6.45, 7) is 3.54. The SMILES string of the molecule is CC(C)OC(=O)Nc1ccc(Cl)c(-c2ccnc3c(C(=O)c4cccs4)cnn23)c1. The van der Waals surface area contributed by atoms with Crippen molar-refractivity contribution >= 4 is 46.1 Å². The van der Waals surface area contributed by atoms with E-state index in [1.54, 1.807) is 54.9 Å². The Labute approximate surface area is 181 Å². The van der Waals surface area contributed by atoms with Crippen LogP contribution in [-0.2, 0) is 4.74 Å². The third-order valence-corrected chi connectivity index (χ3v) is 5.42. The van der Waals surface area contributed by atoms with Crippen molar-refractivity contribution in [3.05, 3.63) is 69.6 Å². The van der Waals surface area contributed by atoms with Crippen molar-refractivity contribution in [2.45, 2.75) is 20.0 Å². The number of benzene rings is 1. The minimum atomic E-state index is -0.555. The van der Waals surface area contributed by atoms with E-state index in [1.807, 2.05) is 11.4 Å². The van der Waals surface area contributed by atoms with Gasteiger partial charge in [0, 0.05) is 17.4 Å². The fraction of sp³-hybridized carbons (Fsp3) is 0.143. The van der Waals surface area contributed by atoms with Gasteiger partial charge < -0.3 is 4.74 Å². The van der Waals surface area contributed by atoms with Crippen molar-refractivity contribution in [3.63, 3.8) is 0 Å². The lowest BCUT2D eigenvalue weighted by molar-refractivity contribution is 0.104. The second-order valence-corrected chi connectivity index (χ2v) is 8.06. The maximum Gasteiger partial charge on any atom is 0.411 e. The zero-order chi connectivity index (χ0) is 21.3. The van der Waals surface area contributed by atoms with E-state index in [9.17, 15) is 9.59 Å². The van der Waals surface area contributed by atoms with E-state index in [4.69, 9.17) is 16.3 Å². The molecule has 4 aromatic rings. The Hall–Kier alpha value is -3.23. The van der Waals surface area contributed by atoms with Gasteiger partial charge >= 0.3 is 6.09 Å². The van der Waals surface area contributed by atoms with Crippen molar-refractivity contribution in [1.82, 2.24) is 14.6 Å². The molecule has 1 amide bonds. The number of carbonyl (C=O) groups excluding carboxylic acids is 2. The van der Waals surface area contributed by atoms with Gasteiger partial charge in [0.25, 0.3) is 0 Å². The number of hydrogen-bond donors (Lipinski definition) is 1. The number of nitrogens with one attached hydrogen (secondary N) is 1. The van der Waals surface area contributed by atoms with E-state index in [1.165, 1.54) is 17.5 Å². The summed E-state index contributed by atoms with van der Waals surface area (Å²) in [6, 6.07) is 10.4. The number of hydrogen-bond acceptors (Lipinski definition) is 6. The van der Waals surface area contributed by atoms with Gasteiger partial charge in [0.05, 0.1) is 33.5 Å². The lowest BCUT2D eigenvalue weighted by Gasteiger charge is -2.12. The number of ketones is 1. The molecular weight excluding hydrogens is 424 g/mol. The molecule has 0 unspecified atom stereocenters. The third-order valence-electron chi connectivity index (χ3n) is 4.22. The Bertz CT molecular complexity index is 1230. The molecule has 0 aliphatic heterocycles. The van der Waals surface area contributed by atoms with Crippen LogP contribution in [0.1, 0.15) is 29.1 Å². The predicted octanol–water partition coefficient (Wildman–Crippen LogP) is 5.30. The van der Waals surface area contributed by atoms with Gasteiger partial charge in [-0.25, -0.2) is 14.3 Å². The van der Waals surface area contributed by atoms with Crippen LogP contribution in [0.3, 0.4) is 0 Å². The molecule has 9 heteroatoms. The molecule has 0 aliphatic carbocycles. The second-order valence-electron chi connectivity index (χ2n) is 6.70. The molecule has 0 atom stereocenters. The number of ether oxygens (including phenoxy) is 1. The number of thiophene rings is 1. The molecule has 30 heavy (non-hydrogen) atoms. The monoisotopic (exact) mass is 440 g/mol. The van der Waals surface area contributed by atoms with Crippen LogP contribution in [0, 0.1) is 0 Å². The van der Waals surface area contributed by atoms with Crippen molar-refractivity contribution in [1.29, 1.82) is 0 Å². The molecule has 3 heterocycles. The first-order valence-corrected chi connectivity index (χ1v) is 10.4. The van der Waals surface area contributed by atoms with Gasteiger partial charge in [-0.3, -0.25) is 10.1 Å². The summed E-state index contributed by atoms with van der Waals surface area (Å²) < 4.78 is 6.69. The van der Waals surface area contributed by atoms with Gasteiger partial charge in [-0.2, -0.15) is 5.10 Å². The summed E-state index contributed by atoms with van der Waals surface area (Å²) in [7, 11) is 0. The standard InChI is InChI=1S/C21H17ClN4O3S/c1-12(2)29-21(28)25-13-5-6-16(22)14(10-13)17-7-8-23-20-15(11-24-26(17)20)19(27)18-4-3-9-30-18/h3-12H,1-2H3,(H,25,28). The maximum atomic E-state index is 12.8. The largest absolute Gasteiger partial charge is 0.447 e. The molecule has 1 N–H and O–H groups in total. The van der Waals surface area contributed by atoms with E-state index in [-0.39, 0.29) is 11.9 Å². The molecular formula is C21H17ClN4O3S. The van der Waals surface area contributed by atoms with E-state index >= 15 is 0 Å². The Morgan fingerprint density at radius 2 is 2.07 bits per heavy atom. The van der Waals surface area contributed by atoms with Crippen LogP contribution >= 0.6 is 22.9 Å². The summed E-state index contributed by atoms with van der Waals surface area (Å²) in [5, 5.41) is 9.36. The number of halogens is 1. The van der Waals surface area contributed by atoms with Gasteiger partial charge in [0.2, 0.25) is 5.78 Å². The number of amides is 1. The average molecular weight is 441 g/mol. The topological polar surface area (TPSA) is 85.6 Å². The molecule has 0 radical (unpaired) electrons. The van der Waals surface area contributed by atoms with Crippen molar-refractivity contribution in [2.24, 2.45) is 0 Å². The smallest absolute Gasteiger partial charge is 0.411 e. The summed E-state index contributed by atoms with van der Waals surface area (Å²) >= 11 is 7.80. The van der Waals surface area contributed by atoms with E-state index in [0.717, 1.165) is 0 Å². The van der Waals surface area contributed by atoms with E-state index < -0.39 is 6.09 Å². The number of aromatic nitrogens is 3. The van der Waals surface area contributed by atoms with Gasteiger partial charge in [-0.1, -0.05) is 17.7 Å². The minimum Gasteiger partial charge on any atom is -0.447 e. The highest BCUT2D eigenvalue weighted by Crippen LogP contribution is 2.31. The van der Waals surface area contributed by atoms with Crippen molar-refractivity contribution in [2.75, 3.05) is 5.32 Å². The minimum absolute atomic E-state index is 0.136. The Morgan fingerprint density at radius 3 is 2.80 bits per heavy atom. The Kier molecular flexibility index (Phi) is 5.52. The molecule has 4 rings (SSSR count). The fourth-order valence-corrected chi connectivity index (χ4v) is 3.85. The molecule has 1 aromatic carbocycles. The lowest BCUT2D eigenvalue weighted by atomic mass is 10.1. The van der Waals surface area contributed by atoms with Crippen LogP contribution in [-0.4, -0.2) is 32.6 Å². The number of anilines is 1. The second kappa shape index (κ2) is 8.25. The molecule has 0 saturated heterocycles. The molecule has 152 valence electrons. The van der Waals surface area contributed by atoms with Gasteiger partial charge in [-0.05, 0) is 49.6 Å². The van der Waals surface area contributed by atoms with Crippen molar-refractivity contribution < 1.29 is 14.3 Å². The van der Waals surface area contributed by atoms with Crippen LogP contribution in [0.4, 0.5) is 10.5 Å². The Balaban J connectivity index is 1.74. The normalized spacial score (nSPS) is 11.1. The fourth-order valence-electron chi connectivity index (χ4n) is 2.96. The Morgan fingerprint density at radius 1 is 1.23 bits per heavy atom. The molecule has 0 aliphatic rings. The molecule has 0 spiro atoms. The average Bonchev–Trinajstić information content (AvgIpc) is 3.38. The number of carbonyl (C=O) groups is 2. The highest BCUT2D eigenvalue weighted by molar-refractivity contribution is 7.12. The molecule has 0 saturated carbocycles.